The topological polar surface area (TPSA) is 247 Å². The minimum atomic E-state index is -1.79. The van der Waals surface area contributed by atoms with Gasteiger partial charge in [-0.1, -0.05) is 0 Å². The number of aliphatic hydroxyl groups excluding tert-OH is 3. The van der Waals surface area contributed by atoms with Crippen LogP contribution in [0, 0.1) is 5.41 Å². The molecule has 156 valence electrons. The molecular weight excluding hydrogens is 364 g/mol. The van der Waals surface area contributed by atoms with Crippen molar-refractivity contribution in [2.75, 3.05) is 19.8 Å². The fourth-order valence-corrected chi connectivity index (χ4v) is 0.353. The Hall–Kier alpha value is -2.77. The molecule has 0 aromatic heterocycles. The van der Waals surface area contributed by atoms with Gasteiger partial charge in [-0.3, -0.25) is 24.0 Å². The predicted molar refractivity (Wildman–Crippen MR) is 84.6 cm³/mol. The van der Waals surface area contributed by atoms with Crippen LogP contribution in [-0.2, 0) is 24.0 Å². The second kappa shape index (κ2) is 22.2. The molecule has 0 spiro atoms. The van der Waals surface area contributed by atoms with Gasteiger partial charge in [0, 0.05) is 27.7 Å². The molecule has 13 heteroatoms. The van der Waals surface area contributed by atoms with E-state index in [2.05, 4.69) is 0 Å². The van der Waals surface area contributed by atoms with Crippen LogP contribution in [0.15, 0.2) is 0 Å². The SMILES string of the molecule is CC(=O)O.CC(=O)O.CC(=O)O.CC(=O)O.O=C(O)C(CO)(CO)CO. The van der Waals surface area contributed by atoms with Crippen LogP contribution < -0.4 is 0 Å². The lowest BCUT2D eigenvalue weighted by Crippen LogP contribution is -2.41. The zero-order valence-electron chi connectivity index (χ0n) is 14.7. The van der Waals surface area contributed by atoms with E-state index in [1.54, 1.807) is 0 Å². The van der Waals surface area contributed by atoms with E-state index in [0.29, 0.717) is 0 Å². The average Bonchev–Trinajstić information content (AvgIpc) is 2.38. The molecule has 0 rings (SSSR count). The number of carbonyl (C=O) groups is 5. The Balaban J connectivity index is -0.0000000776. The number of carboxylic acids is 5. The van der Waals surface area contributed by atoms with Gasteiger partial charge in [-0.25, -0.2) is 0 Å². The van der Waals surface area contributed by atoms with Gasteiger partial charge < -0.3 is 40.9 Å². The first-order chi connectivity index (χ1) is 11.6. The quantitative estimate of drug-likeness (QED) is 0.269. The molecule has 0 bridgehead atoms. The minimum absolute atomic E-state index is 0.769. The number of rotatable bonds is 4. The van der Waals surface area contributed by atoms with Gasteiger partial charge in [-0.15, -0.1) is 0 Å². The van der Waals surface area contributed by atoms with Crippen molar-refractivity contribution in [1.29, 1.82) is 0 Å². The molecule has 0 saturated heterocycles. The first-order valence-corrected chi connectivity index (χ1v) is 6.40. The van der Waals surface area contributed by atoms with Gasteiger partial charge in [0.1, 0.15) is 5.41 Å². The Labute approximate surface area is 148 Å². The molecule has 0 saturated carbocycles. The number of hydrogen-bond donors (Lipinski definition) is 8. The van der Waals surface area contributed by atoms with E-state index in [1.165, 1.54) is 0 Å². The molecule has 0 radical (unpaired) electrons. The lowest BCUT2D eigenvalue weighted by molar-refractivity contribution is -0.158. The maximum absolute atomic E-state index is 10.2. The fourth-order valence-electron chi connectivity index (χ4n) is 0.353. The fraction of sp³-hybridized carbons (Fsp3) is 0.615. The van der Waals surface area contributed by atoms with Crippen molar-refractivity contribution >= 4 is 29.8 Å². The Morgan fingerprint density at radius 2 is 0.654 bits per heavy atom. The van der Waals surface area contributed by atoms with Crippen molar-refractivity contribution in [1.82, 2.24) is 0 Å². The molecule has 0 fully saturated rings. The highest BCUT2D eigenvalue weighted by atomic mass is 16.4. The summed E-state index contributed by atoms with van der Waals surface area (Å²) in [4.78, 5) is 46.2. The molecule has 0 heterocycles. The van der Waals surface area contributed by atoms with E-state index in [9.17, 15) is 4.79 Å². The summed E-state index contributed by atoms with van der Waals surface area (Å²) >= 11 is 0. The number of aliphatic carboxylic acids is 5. The molecule has 0 aliphatic carbocycles. The van der Waals surface area contributed by atoms with Gasteiger partial charge in [0.2, 0.25) is 0 Å². The third kappa shape index (κ3) is 58.1. The highest BCUT2D eigenvalue weighted by molar-refractivity contribution is 5.75. The monoisotopic (exact) mass is 390 g/mol. The summed E-state index contributed by atoms with van der Waals surface area (Å²) in [7, 11) is 0. The highest BCUT2D eigenvalue weighted by Crippen LogP contribution is 2.13. The van der Waals surface area contributed by atoms with Crippen LogP contribution in [-0.4, -0.2) is 90.5 Å². The Bertz CT molecular complexity index is 340. The lowest BCUT2D eigenvalue weighted by atomic mass is 9.92. The molecular formula is C13H26O13. The molecule has 0 amide bonds. The average molecular weight is 390 g/mol. The van der Waals surface area contributed by atoms with Crippen molar-refractivity contribution in [3.05, 3.63) is 0 Å². The maximum Gasteiger partial charge on any atom is 0.316 e. The van der Waals surface area contributed by atoms with Gasteiger partial charge in [0.15, 0.2) is 0 Å². The smallest absolute Gasteiger partial charge is 0.316 e. The van der Waals surface area contributed by atoms with Gasteiger partial charge >= 0.3 is 5.97 Å². The zero-order chi connectivity index (χ0) is 22.5. The molecule has 0 aliphatic heterocycles. The van der Waals surface area contributed by atoms with Gasteiger partial charge in [0.25, 0.3) is 23.9 Å². The van der Waals surface area contributed by atoms with E-state index in [-0.39, 0.29) is 0 Å². The van der Waals surface area contributed by atoms with Crippen LogP contribution in [0.3, 0.4) is 0 Å². The lowest BCUT2D eigenvalue weighted by Gasteiger charge is -2.20. The van der Waals surface area contributed by atoms with Gasteiger partial charge in [-0.2, -0.15) is 0 Å². The standard InChI is InChI=1S/C5H10O5.4C2H4O2/c6-1-5(2-7,3-8)4(9)10;4*1-2(3)4/h6-8H,1-3H2,(H,9,10);4*1H3,(H,3,4). The van der Waals surface area contributed by atoms with Crippen LogP contribution in [0.5, 0.6) is 0 Å². The third-order valence-electron chi connectivity index (χ3n) is 1.36. The summed E-state index contributed by atoms with van der Waals surface area (Å²) < 4.78 is 0. The number of hydrogen-bond acceptors (Lipinski definition) is 8. The van der Waals surface area contributed by atoms with E-state index in [4.69, 9.17) is 60.0 Å². The highest BCUT2D eigenvalue weighted by Gasteiger charge is 2.36. The largest absolute Gasteiger partial charge is 0.481 e. The van der Waals surface area contributed by atoms with Crippen LogP contribution in [0.1, 0.15) is 27.7 Å². The summed E-state index contributed by atoms with van der Waals surface area (Å²) in [6, 6.07) is 0. The second-order valence-electron chi connectivity index (χ2n) is 4.14. The maximum atomic E-state index is 10.2. The van der Waals surface area contributed by atoms with Crippen LogP contribution >= 0.6 is 0 Å². The van der Waals surface area contributed by atoms with Crippen LogP contribution in [0.25, 0.3) is 0 Å². The van der Waals surface area contributed by atoms with Crippen molar-refractivity contribution in [3.8, 4) is 0 Å². The van der Waals surface area contributed by atoms with E-state index in [0.717, 1.165) is 27.7 Å². The summed E-state index contributed by atoms with van der Waals surface area (Å²) in [6.07, 6.45) is 0. The number of aliphatic hydroxyl groups is 3. The first kappa shape index (κ1) is 34.5. The van der Waals surface area contributed by atoms with Crippen LogP contribution in [0.2, 0.25) is 0 Å². The van der Waals surface area contributed by atoms with Crippen molar-refractivity contribution in [2.24, 2.45) is 5.41 Å². The van der Waals surface area contributed by atoms with Crippen LogP contribution in [0.4, 0.5) is 0 Å². The Morgan fingerprint density at radius 1 is 0.538 bits per heavy atom. The molecule has 13 nitrogen and oxygen atoms in total. The summed E-state index contributed by atoms with van der Waals surface area (Å²) in [5.74, 6) is -4.74. The Kier molecular flexibility index (Phi) is 29.5. The van der Waals surface area contributed by atoms with Crippen molar-refractivity contribution < 1.29 is 64.8 Å². The molecule has 0 aromatic rings. The molecule has 0 aromatic carbocycles. The molecule has 8 N–H and O–H groups in total. The van der Waals surface area contributed by atoms with Crippen molar-refractivity contribution in [2.45, 2.75) is 27.7 Å². The normalized spacial score (nSPS) is 8.27. The minimum Gasteiger partial charge on any atom is -0.481 e. The number of carboxylic acid groups (broad SMARTS) is 5. The summed E-state index contributed by atoms with van der Waals surface area (Å²) in [5, 5.41) is 63.3. The first-order valence-electron chi connectivity index (χ1n) is 6.40. The third-order valence-corrected chi connectivity index (χ3v) is 1.36. The summed E-state index contributed by atoms with van der Waals surface area (Å²) in [6.45, 7) is 2.03. The molecule has 0 aliphatic rings. The second-order valence-corrected chi connectivity index (χ2v) is 4.14. The predicted octanol–water partition coefficient (Wildman–Crippen LogP) is -1.60. The zero-order valence-corrected chi connectivity index (χ0v) is 14.7. The van der Waals surface area contributed by atoms with Gasteiger partial charge in [-0.05, 0) is 0 Å². The Morgan fingerprint density at radius 3 is 0.654 bits per heavy atom. The van der Waals surface area contributed by atoms with E-state index < -0.39 is 55.1 Å². The summed E-state index contributed by atoms with van der Waals surface area (Å²) in [5.41, 5.74) is -1.79. The van der Waals surface area contributed by atoms with E-state index >= 15 is 0 Å². The van der Waals surface area contributed by atoms with Gasteiger partial charge in [0.05, 0.1) is 19.8 Å². The molecule has 26 heavy (non-hydrogen) atoms. The molecule has 0 unspecified atom stereocenters. The van der Waals surface area contributed by atoms with Crippen molar-refractivity contribution in [3.63, 3.8) is 0 Å². The molecule has 0 atom stereocenters. The van der Waals surface area contributed by atoms with E-state index in [1.807, 2.05) is 0 Å².